The highest BCUT2D eigenvalue weighted by molar-refractivity contribution is 7.98. The van der Waals surface area contributed by atoms with Crippen LogP contribution >= 0.6 is 11.8 Å². The van der Waals surface area contributed by atoms with Gasteiger partial charge in [-0.2, -0.15) is 9.78 Å². The van der Waals surface area contributed by atoms with E-state index in [4.69, 9.17) is 5.73 Å². The SMILES string of the molecule is C/C(=N/NC(=O)c1nnn(-c2nonc2N)c1CSc1ccccc1)c1cccnc1. The number of anilines is 1. The Kier molecular flexibility index (Phi) is 5.98. The average Bonchev–Trinajstić information content (AvgIpc) is 3.42. The van der Waals surface area contributed by atoms with Crippen molar-refractivity contribution in [3.63, 3.8) is 0 Å². The molecule has 0 aliphatic rings. The molecule has 31 heavy (non-hydrogen) atoms. The van der Waals surface area contributed by atoms with E-state index >= 15 is 0 Å². The number of nitrogens with two attached hydrogens (primary N) is 1. The number of aromatic nitrogens is 6. The summed E-state index contributed by atoms with van der Waals surface area (Å²) in [6.07, 6.45) is 3.32. The Balaban J connectivity index is 1.61. The minimum Gasteiger partial charge on any atom is -0.378 e. The Labute approximate surface area is 180 Å². The van der Waals surface area contributed by atoms with E-state index in [0.29, 0.717) is 17.2 Å². The maximum atomic E-state index is 12.8. The summed E-state index contributed by atoms with van der Waals surface area (Å²) in [7, 11) is 0. The van der Waals surface area contributed by atoms with Crippen molar-refractivity contribution in [1.82, 2.24) is 35.7 Å². The van der Waals surface area contributed by atoms with Crippen LogP contribution in [0.25, 0.3) is 5.82 Å². The summed E-state index contributed by atoms with van der Waals surface area (Å²) >= 11 is 1.50. The summed E-state index contributed by atoms with van der Waals surface area (Å²) in [5.41, 5.74) is 10.3. The van der Waals surface area contributed by atoms with E-state index < -0.39 is 5.91 Å². The zero-order chi connectivity index (χ0) is 21.6. The molecule has 1 aromatic carbocycles. The Bertz CT molecular complexity index is 1210. The molecule has 4 aromatic rings. The van der Waals surface area contributed by atoms with Crippen LogP contribution in [0.15, 0.2) is 69.5 Å². The molecule has 0 aliphatic carbocycles. The molecule has 3 aromatic heterocycles. The number of nitrogens with one attached hydrogen (secondary N) is 1. The van der Waals surface area contributed by atoms with Crippen molar-refractivity contribution in [2.45, 2.75) is 17.6 Å². The van der Waals surface area contributed by atoms with E-state index in [2.05, 4.69) is 40.8 Å². The highest BCUT2D eigenvalue weighted by atomic mass is 32.2. The van der Waals surface area contributed by atoms with Crippen molar-refractivity contribution < 1.29 is 9.42 Å². The smallest absolute Gasteiger partial charge is 0.293 e. The number of carbonyl (C=O) groups is 1. The summed E-state index contributed by atoms with van der Waals surface area (Å²) in [6, 6.07) is 13.4. The highest BCUT2D eigenvalue weighted by Gasteiger charge is 2.24. The molecule has 0 saturated carbocycles. The number of thioether (sulfide) groups is 1. The number of nitrogens with zero attached hydrogens (tertiary/aromatic N) is 7. The first-order chi connectivity index (χ1) is 15.1. The molecule has 12 heteroatoms. The summed E-state index contributed by atoms with van der Waals surface area (Å²) in [5.74, 6) is 0.0453. The number of hydrazone groups is 1. The van der Waals surface area contributed by atoms with Gasteiger partial charge in [0.2, 0.25) is 11.6 Å². The number of nitrogen functional groups attached to an aromatic ring is 1. The summed E-state index contributed by atoms with van der Waals surface area (Å²) < 4.78 is 6.01. The van der Waals surface area contributed by atoms with Gasteiger partial charge in [0.1, 0.15) is 0 Å². The summed E-state index contributed by atoms with van der Waals surface area (Å²) in [4.78, 5) is 17.9. The predicted octanol–water partition coefficient (Wildman–Crippen LogP) is 2.07. The molecule has 156 valence electrons. The van der Waals surface area contributed by atoms with Crippen LogP contribution in [0.3, 0.4) is 0 Å². The fraction of sp³-hybridized carbons (Fsp3) is 0.105. The number of amides is 1. The van der Waals surface area contributed by atoms with E-state index in [1.807, 2.05) is 36.4 Å². The standard InChI is InChI=1S/C19H17N9O2S/c1-12(13-6-5-9-21-10-13)22-24-19(29)16-15(11-31-14-7-3-2-4-8-14)28(27-23-16)18-17(20)25-30-26-18/h2-10H,11H2,1H3,(H2,20,25)(H,24,29)/b22-12-. The highest BCUT2D eigenvalue weighted by Crippen LogP contribution is 2.25. The Hall–Kier alpha value is -4.06. The number of carbonyl (C=O) groups excluding carboxylic acids is 1. The van der Waals surface area contributed by atoms with Crippen molar-refractivity contribution in [2.75, 3.05) is 5.73 Å². The predicted molar refractivity (Wildman–Crippen MR) is 114 cm³/mol. The van der Waals surface area contributed by atoms with Gasteiger partial charge in [-0.05, 0) is 35.4 Å². The van der Waals surface area contributed by atoms with Gasteiger partial charge in [-0.15, -0.1) is 16.9 Å². The number of rotatable bonds is 7. The number of hydrogen-bond donors (Lipinski definition) is 2. The van der Waals surface area contributed by atoms with Gasteiger partial charge in [-0.1, -0.05) is 29.5 Å². The zero-order valence-electron chi connectivity index (χ0n) is 16.3. The zero-order valence-corrected chi connectivity index (χ0v) is 17.2. The van der Waals surface area contributed by atoms with Crippen LogP contribution in [-0.2, 0) is 5.75 Å². The molecule has 0 atom stereocenters. The molecule has 3 heterocycles. The fourth-order valence-electron chi connectivity index (χ4n) is 2.61. The van der Waals surface area contributed by atoms with Gasteiger partial charge >= 0.3 is 0 Å². The second-order valence-electron chi connectivity index (χ2n) is 6.25. The topological polar surface area (TPSA) is 150 Å². The lowest BCUT2D eigenvalue weighted by Crippen LogP contribution is -2.21. The molecule has 0 spiro atoms. The molecule has 0 radical (unpaired) electrons. The summed E-state index contributed by atoms with van der Waals surface area (Å²) in [5, 5.41) is 19.5. The van der Waals surface area contributed by atoms with Crippen LogP contribution in [0.5, 0.6) is 0 Å². The Morgan fingerprint density at radius 1 is 1.23 bits per heavy atom. The van der Waals surface area contributed by atoms with E-state index in [1.165, 1.54) is 16.4 Å². The third-order valence-electron chi connectivity index (χ3n) is 4.20. The Morgan fingerprint density at radius 3 is 2.77 bits per heavy atom. The largest absolute Gasteiger partial charge is 0.378 e. The van der Waals surface area contributed by atoms with E-state index in [-0.39, 0.29) is 17.3 Å². The molecule has 0 aliphatic heterocycles. The van der Waals surface area contributed by atoms with E-state index in [9.17, 15) is 4.79 Å². The van der Waals surface area contributed by atoms with Crippen molar-refractivity contribution >= 4 is 29.2 Å². The maximum absolute atomic E-state index is 12.8. The minimum absolute atomic E-state index is 0.0354. The fourth-order valence-corrected chi connectivity index (χ4v) is 3.52. The number of pyridine rings is 1. The number of benzene rings is 1. The van der Waals surface area contributed by atoms with E-state index in [0.717, 1.165) is 10.5 Å². The third kappa shape index (κ3) is 4.59. The van der Waals surface area contributed by atoms with Gasteiger partial charge in [0.05, 0.1) is 11.4 Å². The molecule has 3 N–H and O–H groups in total. The average molecular weight is 435 g/mol. The van der Waals surface area contributed by atoms with Gasteiger partial charge in [0.25, 0.3) is 5.91 Å². The normalized spacial score (nSPS) is 11.5. The second-order valence-corrected chi connectivity index (χ2v) is 7.30. The van der Waals surface area contributed by atoms with Crippen molar-refractivity contribution in [2.24, 2.45) is 5.10 Å². The molecule has 11 nitrogen and oxygen atoms in total. The number of hydrogen-bond acceptors (Lipinski definition) is 10. The molecular weight excluding hydrogens is 418 g/mol. The van der Waals surface area contributed by atoms with Gasteiger partial charge in [0.15, 0.2) is 5.69 Å². The molecule has 0 saturated heterocycles. The van der Waals surface area contributed by atoms with Crippen LogP contribution in [-0.4, -0.2) is 41.9 Å². The van der Waals surface area contributed by atoms with Crippen molar-refractivity contribution in [3.05, 3.63) is 71.8 Å². The van der Waals surface area contributed by atoms with Crippen LogP contribution in [0.4, 0.5) is 5.82 Å². The molecule has 0 fully saturated rings. The van der Waals surface area contributed by atoms with Gasteiger partial charge in [-0.25, -0.2) is 10.1 Å². The quantitative estimate of drug-likeness (QED) is 0.252. The summed E-state index contributed by atoms with van der Waals surface area (Å²) in [6.45, 7) is 1.77. The first-order valence-corrected chi connectivity index (χ1v) is 10.1. The molecular formula is C19H17N9O2S. The van der Waals surface area contributed by atoms with Crippen LogP contribution in [0.1, 0.15) is 28.7 Å². The van der Waals surface area contributed by atoms with Crippen LogP contribution in [0, 0.1) is 0 Å². The van der Waals surface area contributed by atoms with Crippen molar-refractivity contribution in [1.29, 1.82) is 0 Å². The Morgan fingerprint density at radius 2 is 2.06 bits per heavy atom. The van der Waals surface area contributed by atoms with Crippen molar-refractivity contribution in [3.8, 4) is 5.82 Å². The molecule has 4 rings (SSSR count). The second kappa shape index (κ2) is 9.17. The lowest BCUT2D eigenvalue weighted by atomic mass is 10.2. The van der Waals surface area contributed by atoms with Gasteiger partial charge in [0, 0.05) is 28.6 Å². The lowest BCUT2D eigenvalue weighted by molar-refractivity contribution is 0.0949. The first kappa shape index (κ1) is 20.2. The van der Waals surface area contributed by atoms with Gasteiger partial charge < -0.3 is 5.73 Å². The maximum Gasteiger partial charge on any atom is 0.293 e. The molecule has 0 bridgehead atoms. The minimum atomic E-state index is -0.520. The monoisotopic (exact) mass is 435 g/mol. The lowest BCUT2D eigenvalue weighted by Gasteiger charge is -2.06. The third-order valence-corrected chi connectivity index (χ3v) is 5.22. The van der Waals surface area contributed by atoms with Crippen LogP contribution < -0.4 is 11.2 Å². The van der Waals surface area contributed by atoms with E-state index in [1.54, 1.807) is 25.4 Å². The molecule has 0 unspecified atom stereocenters. The van der Waals surface area contributed by atoms with Gasteiger partial charge in [-0.3, -0.25) is 9.78 Å². The molecule has 1 amide bonds. The van der Waals surface area contributed by atoms with Crippen LogP contribution in [0.2, 0.25) is 0 Å². The first-order valence-electron chi connectivity index (χ1n) is 9.09.